The molecule has 0 aromatic heterocycles. The van der Waals surface area contributed by atoms with Gasteiger partial charge in [0.1, 0.15) is 17.2 Å². The van der Waals surface area contributed by atoms with Gasteiger partial charge < -0.3 is 20.3 Å². The summed E-state index contributed by atoms with van der Waals surface area (Å²) in [5.41, 5.74) is 6.76. The second-order valence-corrected chi connectivity index (χ2v) is 4.52. The maximum absolute atomic E-state index is 9.51. The quantitative estimate of drug-likeness (QED) is 0.849. The molecular formula is C16H19NO3. The zero-order chi connectivity index (χ0) is 14.4. The third-order valence-corrected chi connectivity index (χ3v) is 3.12. The van der Waals surface area contributed by atoms with Gasteiger partial charge in [-0.3, -0.25) is 0 Å². The Morgan fingerprint density at radius 1 is 1.10 bits per heavy atom. The predicted octanol–water partition coefficient (Wildman–Crippen LogP) is 2.52. The Labute approximate surface area is 118 Å². The maximum atomic E-state index is 9.51. The second-order valence-electron chi connectivity index (χ2n) is 4.52. The number of phenols is 1. The summed E-state index contributed by atoms with van der Waals surface area (Å²) in [6.45, 7) is 0.903. The van der Waals surface area contributed by atoms with Gasteiger partial charge in [-0.2, -0.15) is 0 Å². The van der Waals surface area contributed by atoms with Gasteiger partial charge in [-0.1, -0.05) is 18.2 Å². The van der Waals surface area contributed by atoms with E-state index in [1.54, 1.807) is 25.3 Å². The Balaban J connectivity index is 2.03. The first-order chi connectivity index (χ1) is 9.72. The van der Waals surface area contributed by atoms with Crippen molar-refractivity contribution in [3.8, 4) is 17.2 Å². The van der Waals surface area contributed by atoms with Crippen LogP contribution in [0.2, 0.25) is 0 Å². The summed E-state index contributed by atoms with van der Waals surface area (Å²) in [7, 11) is 1.62. The van der Waals surface area contributed by atoms with Gasteiger partial charge in [-0.15, -0.1) is 0 Å². The van der Waals surface area contributed by atoms with Gasteiger partial charge in [-0.05, 0) is 29.8 Å². The second kappa shape index (κ2) is 6.82. The number of hydrogen-bond donors (Lipinski definition) is 2. The van der Waals surface area contributed by atoms with Crippen LogP contribution in [0.15, 0.2) is 48.5 Å². The molecule has 0 fully saturated rings. The van der Waals surface area contributed by atoms with Crippen LogP contribution in [0.3, 0.4) is 0 Å². The largest absolute Gasteiger partial charge is 0.508 e. The van der Waals surface area contributed by atoms with Crippen LogP contribution in [0.25, 0.3) is 0 Å². The predicted molar refractivity (Wildman–Crippen MR) is 78.4 cm³/mol. The fourth-order valence-corrected chi connectivity index (χ4v) is 1.97. The molecular weight excluding hydrogens is 254 g/mol. The van der Waals surface area contributed by atoms with Gasteiger partial charge in [0.25, 0.3) is 0 Å². The summed E-state index contributed by atoms with van der Waals surface area (Å²) in [6, 6.07) is 14.5. The first-order valence-corrected chi connectivity index (χ1v) is 6.48. The zero-order valence-electron chi connectivity index (χ0n) is 11.5. The molecule has 20 heavy (non-hydrogen) atoms. The van der Waals surface area contributed by atoms with E-state index in [1.807, 2.05) is 30.3 Å². The summed E-state index contributed by atoms with van der Waals surface area (Å²) < 4.78 is 10.9. The molecule has 2 aromatic rings. The van der Waals surface area contributed by atoms with Gasteiger partial charge in [0.2, 0.25) is 0 Å². The molecule has 106 valence electrons. The summed E-state index contributed by atoms with van der Waals surface area (Å²) >= 11 is 0. The molecule has 0 radical (unpaired) electrons. The molecule has 0 bridgehead atoms. The van der Waals surface area contributed by atoms with Gasteiger partial charge in [0.15, 0.2) is 0 Å². The average Bonchev–Trinajstić information content (AvgIpc) is 2.48. The molecule has 1 atom stereocenters. The van der Waals surface area contributed by atoms with Crippen LogP contribution in [-0.4, -0.2) is 25.4 Å². The summed E-state index contributed by atoms with van der Waals surface area (Å²) in [4.78, 5) is 0. The minimum atomic E-state index is 0.0355. The van der Waals surface area contributed by atoms with Crippen molar-refractivity contribution in [2.24, 2.45) is 5.73 Å². The van der Waals surface area contributed by atoms with E-state index >= 15 is 0 Å². The van der Waals surface area contributed by atoms with Gasteiger partial charge >= 0.3 is 0 Å². The molecule has 0 amide bonds. The van der Waals surface area contributed by atoms with Crippen LogP contribution < -0.4 is 15.2 Å². The monoisotopic (exact) mass is 273 g/mol. The first kappa shape index (κ1) is 14.2. The van der Waals surface area contributed by atoms with E-state index in [9.17, 15) is 5.11 Å². The SMILES string of the molecule is COc1cccc(OCC(CN)c2cccc(O)c2)c1. The standard InChI is InChI=1S/C16H19NO3/c1-19-15-6-3-7-16(9-15)20-11-13(10-17)12-4-2-5-14(18)8-12/h2-9,13,18H,10-11,17H2,1H3. The van der Waals surface area contributed by atoms with Gasteiger partial charge in [0, 0.05) is 18.5 Å². The lowest BCUT2D eigenvalue weighted by Gasteiger charge is -2.16. The Bertz CT molecular complexity index is 557. The summed E-state index contributed by atoms with van der Waals surface area (Å²) in [5.74, 6) is 1.77. The van der Waals surface area contributed by atoms with E-state index in [0.29, 0.717) is 13.2 Å². The highest BCUT2D eigenvalue weighted by atomic mass is 16.5. The average molecular weight is 273 g/mol. The minimum absolute atomic E-state index is 0.0355. The highest BCUT2D eigenvalue weighted by Crippen LogP contribution is 2.23. The van der Waals surface area contributed by atoms with Crippen LogP contribution in [0, 0.1) is 0 Å². The normalized spacial score (nSPS) is 11.9. The van der Waals surface area contributed by atoms with Crippen LogP contribution in [0.4, 0.5) is 0 Å². The summed E-state index contributed by atoms with van der Waals surface area (Å²) in [5, 5.41) is 9.51. The number of nitrogens with two attached hydrogens (primary N) is 1. The van der Waals surface area contributed by atoms with Crippen molar-refractivity contribution in [3.63, 3.8) is 0 Å². The van der Waals surface area contributed by atoms with Gasteiger partial charge in [-0.25, -0.2) is 0 Å². The van der Waals surface area contributed by atoms with Crippen LogP contribution in [0.5, 0.6) is 17.2 Å². The smallest absolute Gasteiger partial charge is 0.123 e. The molecule has 0 aliphatic rings. The lowest BCUT2D eigenvalue weighted by atomic mass is 10.00. The van der Waals surface area contributed by atoms with Crippen molar-refractivity contribution in [2.45, 2.75) is 5.92 Å². The van der Waals surface area contributed by atoms with Gasteiger partial charge in [0.05, 0.1) is 13.7 Å². The third-order valence-electron chi connectivity index (χ3n) is 3.12. The fourth-order valence-electron chi connectivity index (χ4n) is 1.97. The highest BCUT2D eigenvalue weighted by Gasteiger charge is 2.11. The number of phenolic OH excluding ortho intramolecular Hbond substituents is 1. The summed E-state index contributed by atoms with van der Waals surface area (Å²) in [6.07, 6.45) is 0. The minimum Gasteiger partial charge on any atom is -0.508 e. The van der Waals surface area contributed by atoms with Crippen LogP contribution >= 0.6 is 0 Å². The van der Waals surface area contributed by atoms with Crippen molar-refractivity contribution in [1.82, 2.24) is 0 Å². The molecule has 1 unspecified atom stereocenters. The molecule has 0 heterocycles. The molecule has 3 N–H and O–H groups in total. The molecule has 0 saturated carbocycles. The topological polar surface area (TPSA) is 64.7 Å². The molecule has 4 heteroatoms. The Kier molecular flexibility index (Phi) is 4.85. The molecule has 2 aromatic carbocycles. The zero-order valence-corrected chi connectivity index (χ0v) is 11.5. The Hall–Kier alpha value is -2.20. The van der Waals surface area contributed by atoms with Crippen LogP contribution in [-0.2, 0) is 0 Å². The van der Waals surface area contributed by atoms with E-state index in [2.05, 4.69) is 0 Å². The number of ether oxygens (including phenoxy) is 2. The molecule has 2 rings (SSSR count). The number of benzene rings is 2. The van der Waals surface area contributed by atoms with Crippen molar-refractivity contribution in [1.29, 1.82) is 0 Å². The first-order valence-electron chi connectivity index (χ1n) is 6.48. The number of methoxy groups -OCH3 is 1. The molecule has 0 aliphatic heterocycles. The van der Waals surface area contributed by atoms with E-state index in [0.717, 1.165) is 17.1 Å². The van der Waals surface area contributed by atoms with Crippen molar-refractivity contribution in [3.05, 3.63) is 54.1 Å². The van der Waals surface area contributed by atoms with E-state index in [4.69, 9.17) is 15.2 Å². The molecule has 0 spiro atoms. The number of aromatic hydroxyl groups is 1. The van der Waals surface area contributed by atoms with Crippen molar-refractivity contribution >= 4 is 0 Å². The van der Waals surface area contributed by atoms with E-state index < -0.39 is 0 Å². The highest BCUT2D eigenvalue weighted by molar-refractivity contribution is 5.33. The van der Waals surface area contributed by atoms with Crippen LogP contribution in [0.1, 0.15) is 11.5 Å². The molecule has 0 aliphatic carbocycles. The maximum Gasteiger partial charge on any atom is 0.123 e. The fraction of sp³-hybridized carbons (Fsp3) is 0.250. The Morgan fingerprint density at radius 3 is 2.55 bits per heavy atom. The van der Waals surface area contributed by atoms with Crippen molar-refractivity contribution in [2.75, 3.05) is 20.3 Å². The Morgan fingerprint density at radius 2 is 1.85 bits per heavy atom. The lowest BCUT2D eigenvalue weighted by Crippen LogP contribution is -2.19. The third kappa shape index (κ3) is 3.65. The molecule has 0 saturated heterocycles. The van der Waals surface area contributed by atoms with E-state index in [1.165, 1.54) is 0 Å². The lowest BCUT2D eigenvalue weighted by molar-refractivity contribution is 0.288. The number of hydrogen-bond acceptors (Lipinski definition) is 4. The van der Waals surface area contributed by atoms with E-state index in [-0.39, 0.29) is 11.7 Å². The molecule has 4 nitrogen and oxygen atoms in total. The number of rotatable bonds is 6. The van der Waals surface area contributed by atoms with Crippen molar-refractivity contribution < 1.29 is 14.6 Å².